The van der Waals surface area contributed by atoms with Crippen LogP contribution in [0.15, 0.2) is 36.4 Å². The van der Waals surface area contributed by atoms with E-state index in [1.54, 1.807) is 0 Å². The lowest BCUT2D eigenvalue weighted by Gasteiger charge is -2.15. The number of hydrogen-bond donors (Lipinski definition) is 1. The number of nitrogens with two attached hydrogens (primary N) is 1. The van der Waals surface area contributed by atoms with Gasteiger partial charge in [-0.2, -0.15) is 0 Å². The summed E-state index contributed by atoms with van der Waals surface area (Å²) in [5.74, 6) is 2.05. The molecule has 0 bridgehead atoms. The molecule has 3 heteroatoms. The zero-order valence-electron chi connectivity index (χ0n) is 12.9. The molecule has 0 spiro atoms. The number of benzene rings is 2. The monoisotopic (exact) mass is 299 g/mol. The average molecular weight is 299 g/mol. The van der Waals surface area contributed by atoms with E-state index in [9.17, 15) is 0 Å². The van der Waals surface area contributed by atoms with Crippen LogP contribution in [0.5, 0.6) is 11.5 Å². The Balaban J connectivity index is 2.39. The topological polar surface area (TPSA) is 35.2 Å². The van der Waals surface area contributed by atoms with Gasteiger partial charge in [-0.3, -0.25) is 0 Å². The van der Waals surface area contributed by atoms with Crippen molar-refractivity contribution in [1.82, 2.24) is 0 Å². The Morgan fingerprint density at radius 2 is 1.81 bits per heavy atom. The highest BCUT2D eigenvalue weighted by Gasteiger charge is 2.11. The number of thiocarbonyl (C=S) groups is 1. The van der Waals surface area contributed by atoms with Gasteiger partial charge in [-0.1, -0.05) is 44.3 Å². The van der Waals surface area contributed by atoms with Crippen molar-refractivity contribution in [3.63, 3.8) is 0 Å². The van der Waals surface area contributed by atoms with Gasteiger partial charge in [0.1, 0.15) is 16.5 Å². The fourth-order valence-corrected chi connectivity index (χ4v) is 2.62. The van der Waals surface area contributed by atoms with E-state index in [1.807, 2.05) is 31.2 Å². The Hall–Kier alpha value is -1.87. The smallest absolute Gasteiger partial charge is 0.140 e. The van der Waals surface area contributed by atoms with Crippen LogP contribution in [0.25, 0.3) is 0 Å². The molecule has 21 heavy (non-hydrogen) atoms. The molecule has 0 aliphatic rings. The van der Waals surface area contributed by atoms with Gasteiger partial charge >= 0.3 is 0 Å². The summed E-state index contributed by atoms with van der Waals surface area (Å²) in [6.07, 6.45) is 0. The summed E-state index contributed by atoms with van der Waals surface area (Å²) in [5, 5.41) is 0. The molecule has 0 atom stereocenters. The zero-order valence-corrected chi connectivity index (χ0v) is 13.8. The van der Waals surface area contributed by atoms with E-state index >= 15 is 0 Å². The first-order valence-corrected chi connectivity index (χ1v) is 7.48. The van der Waals surface area contributed by atoms with Gasteiger partial charge in [0.2, 0.25) is 0 Å². The lowest BCUT2D eigenvalue weighted by atomic mass is 9.98. The van der Waals surface area contributed by atoms with Gasteiger partial charge in [0, 0.05) is 0 Å². The minimum atomic E-state index is 0.351. The first-order chi connectivity index (χ1) is 9.90. The van der Waals surface area contributed by atoms with E-state index in [2.05, 4.69) is 32.9 Å². The number of rotatable bonds is 4. The van der Waals surface area contributed by atoms with Gasteiger partial charge in [-0.05, 0) is 54.7 Å². The molecule has 2 N–H and O–H groups in total. The van der Waals surface area contributed by atoms with Crippen molar-refractivity contribution in [3.8, 4) is 11.5 Å². The summed E-state index contributed by atoms with van der Waals surface area (Å²) in [5.41, 5.74) is 10.1. The van der Waals surface area contributed by atoms with Crippen LogP contribution in [0, 0.1) is 13.8 Å². The molecule has 0 heterocycles. The predicted molar refractivity (Wildman–Crippen MR) is 92.4 cm³/mol. The molecule has 0 aliphatic heterocycles. The van der Waals surface area contributed by atoms with Crippen LogP contribution < -0.4 is 10.5 Å². The Bertz CT molecular complexity index is 677. The van der Waals surface area contributed by atoms with Crippen molar-refractivity contribution in [3.05, 3.63) is 58.7 Å². The maximum Gasteiger partial charge on any atom is 0.140 e. The maximum absolute atomic E-state index is 6.05. The first-order valence-electron chi connectivity index (χ1n) is 7.08. The second-order valence-corrected chi connectivity index (χ2v) is 6.03. The van der Waals surface area contributed by atoms with Crippen LogP contribution in [-0.2, 0) is 0 Å². The van der Waals surface area contributed by atoms with Crippen molar-refractivity contribution in [2.45, 2.75) is 33.6 Å². The third-order valence-corrected chi connectivity index (χ3v) is 3.78. The zero-order chi connectivity index (χ0) is 15.6. The summed E-state index contributed by atoms with van der Waals surface area (Å²) in [6.45, 7) is 8.48. The van der Waals surface area contributed by atoms with E-state index in [1.165, 1.54) is 11.1 Å². The highest BCUT2D eigenvalue weighted by atomic mass is 32.1. The highest BCUT2D eigenvalue weighted by molar-refractivity contribution is 7.80. The third kappa shape index (κ3) is 3.42. The minimum absolute atomic E-state index is 0.351. The average Bonchev–Trinajstić information content (AvgIpc) is 2.40. The number of aryl methyl sites for hydroxylation is 2. The molecule has 0 radical (unpaired) electrons. The molecule has 2 aromatic rings. The lowest BCUT2D eigenvalue weighted by molar-refractivity contribution is 0.477. The maximum atomic E-state index is 6.05. The number of hydrogen-bond acceptors (Lipinski definition) is 2. The fourth-order valence-electron chi connectivity index (χ4n) is 2.46. The molecule has 0 aromatic heterocycles. The van der Waals surface area contributed by atoms with E-state index in [-0.39, 0.29) is 0 Å². The minimum Gasteiger partial charge on any atom is -0.456 e. The summed E-state index contributed by atoms with van der Waals surface area (Å²) in [7, 11) is 0. The number of para-hydroxylation sites is 1. The molecule has 2 nitrogen and oxygen atoms in total. The predicted octanol–water partition coefficient (Wildman–Crippen LogP) is 4.85. The lowest BCUT2D eigenvalue weighted by Crippen LogP contribution is -2.11. The van der Waals surface area contributed by atoms with Crippen molar-refractivity contribution < 1.29 is 4.74 Å². The number of ether oxygens (including phenoxy) is 1. The van der Waals surface area contributed by atoms with Gasteiger partial charge in [0.05, 0.1) is 5.56 Å². The molecule has 0 amide bonds. The van der Waals surface area contributed by atoms with Crippen LogP contribution in [0.3, 0.4) is 0 Å². The molecule has 0 unspecified atom stereocenters. The van der Waals surface area contributed by atoms with Crippen LogP contribution in [0.1, 0.15) is 42.0 Å². The molecule has 2 rings (SSSR count). The van der Waals surface area contributed by atoms with Gasteiger partial charge in [-0.15, -0.1) is 0 Å². The van der Waals surface area contributed by atoms with Gasteiger partial charge in [0.15, 0.2) is 0 Å². The van der Waals surface area contributed by atoms with Gasteiger partial charge in [0.25, 0.3) is 0 Å². The summed E-state index contributed by atoms with van der Waals surface area (Å²) < 4.78 is 6.05. The molecular formula is C18H21NOS. The van der Waals surface area contributed by atoms with Crippen molar-refractivity contribution >= 4 is 17.2 Å². The third-order valence-electron chi connectivity index (χ3n) is 3.56. The fraction of sp³-hybridized carbons (Fsp3) is 0.278. The van der Waals surface area contributed by atoms with Crippen LogP contribution in [0.4, 0.5) is 0 Å². The molecular weight excluding hydrogens is 278 g/mol. The molecule has 0 fully saturated rings. The molecule has 0 saturated heterocycles. The van der Waals surface area contributed by atoms with Crippen LogP contribution in [0.2, 0.25) is 0 Å². The van der Waals surface area contributed by atoms with Crippen molar-refractivity contribution in [2.24, 2.45) is 5.73 Å². The normalized spacial score (nSPS) is 10.7. The van der Waals surface area contributed by atoms with Crippen molar-refractivity contribution in [1.29, 1.82) is 0 Å². The summed E-state index contributed by atoms with van der Waals surface area (Å²) in [4.78, 5) is 0.351. The second-order valence-electron chi connectivity index (χ2n) is 5.59. The van der Waals surface area contributed by atoms with E-state index in [4.69, 9.17) is 22.7 Å². The van der Waals surface area contributed by atoms with Gasteiger partial charge in [-0.25, -0.2) is 0 Å². The van der Waals surface area contributed by atoms with E-state index in [0.29, 0.717) is 10.9 Å². The van der Waals surface area contributed by atoms with E-state index < -0.39 is 0 Å². The Kier molecular flexibility index (Phi) is 4.63. The van der Waals surface area contributed by atoms with Crippen LogP contribution in [-0.4, -0.2) is 4.99 Å². The first kappa shape index (κ1) is 15.5. The molecule has 0 saturated carbocycles. The van der Waals surface area contributed by atoms with Crippen molar-refractivity contribution in [2.75, 3.05) is 0 Å². The molecule has 0 aliphatic carbocycles. The molecule has 110 valence electrons. The standard InChI is InChI=1S/C18H21NOS/c1-11(2)15-9-8-14(10-13(15)4)20-17-12(3)6-5-7-16(17)18(19)21/h5-11H,1-4H3,(H2,19,21). The largest absolute Gasteiger partial charge is 0.456 e. The summed E-state index contributed by atoms with van der Waals surface area (Å²) in [6, 6.07) is 12.0. The van der Waals surface area contributed by atoms with Gasteiger partial charge < -0.3 is 10.5 Å². The van der Waals surface area contributed by atoms with E-state index in [0.717, 1.165) is 22.6 Å². The Morgan fingerprint density at radius 1 is 1.10 bits per heavy atom. The summed E-state index contributed by atoms with van der Waals surface area (Å²) >= 11 is 5.10. The molecule has 2 aromatic carbocycles. The quantitative estimate of drug-likeness (QED) is 0.819. The second kappa shape index (κ2) is 6.27. The SMILES string of the molecule is Cc1cc(Oc2c(C)cccc2C(N)=S)ccc1C(C)C. The Morgan fingerprint density at radius 3 is 2.38 bits per heavy atom. The Labute approximate surface area is 131 Å². The highest BCUT2D eigenvalue weighted by Crippen LogP contribution is 2.31. The van der Waals surface area contributed by atoms with Crippen LogP contribution >= 0.6 is 12.2 Å².